The Hall–Kier alpha value is -0.860. The molecule has 110 valence electrons. The fraction of sp³-hybridized carbons (Fsp3) is 0.667. The van der Waals surface area contributed by atoms with Gasteiger partial charge in [0.25, 0.3) is 0 Å². The van der Waals surface area contributed by atoms with Gasteiger partial charge in [-0.2, -0.15) is 0 Å². The van der Waals surface area contributed by atoms with Gasteiger partial charge < -0.3 is 10.1 Å². The molecule has 2 aliphatic rings. The lowest BCUT2D eigenvalue weighted by Crippen LogP contribution is -2.52. The molecule has 0 amide bonds. The SMILES string of the molecule is CNC(C1CCCOC1)C1(c2ccccc2)CCCC1. The molecular weight excluding hydrogens is 246 g/mol. The van der Waals surface area contributed by atoms with Crippen LogP contribution in [0.1, 0.15) is 44.1 Å². The van der Waals surface area contributed by atoms with Crippen LogP contribution < -0.4 is 5.32 Å². The predicted octanol–water partition coefficient (Wildman–Crippen LogP) is 3.51. The summed E-state index contributed by atoms with van der Waals surface area (Å²) < 4.78 is 5.77. The molecule has 1 saturated heterocycles. The van der Waals surface area contributed by atoms with Gasteiger partial charge in [-0.25, -0.2) is 0 Å². The molecule has 1 heterocycles. The van der Waals surface area contributed by atoms with Gasteiger partial charge in [-0.05, 0) is 44.2 Å². The molecule has 1 aromatic carbocycles. The average Bonchev–Trinajstić information content (AvgIpc) is 3.01. The summed E-state index contributed by atoms with van der Waals surface area (Å²) in [5, 5.41) is 3.67. The first kappa shape index (κ1) is 14.1. The Labute approximate surface area is 122 Å². The Balaban J connectivity index is 1.91. The first-order valence-corrected chi connectivity index (χ1v) is 8.17. The van der Waals surface area contributed by atoms with Crippen molar-refractivity contribution in [2.75, 3.05) is 20.3 Å². The zero-order chi connectivity index (χ0) is 13.8. The van der Waals surface area contributed by atoms with Crippen LogP contribution in [0.25, 0.3) is 0 Å². The van der Waals surface area contributed by atoms with E-state index in [2.05, 4.69) is 42.7 Å². The predicted molar refractivity (Wildman–Crippen MR) is 83.0 cm³/mol. The van der Waals surface area contributed by atoms with Crippen LogP contribution in [0.2, 0.25) is 0 Å². The molecular formula is C18H27NO. The molecule has 0 spiro atoms. The van der Waals surface area contributed by atoms with Crippen LogP contribution in [0.4, 0.5) is 0 Å². The average molecular weight is 273 g/mol. The van der Waals surface area contributed by atoms with E-state index in [1.165, 1.54) is 44.1 Å². The molecule has 1 saturated carbocycles. The standard InChI is InChI=1S/C18H27NO/c1-19-17(15-8-7-13-20-14-15)18(11-5-6-12-18)16-9-3-2-4-10-16/h2-4,9-10,15,17,19H,5-8,11-14H2,1H3. The first-order chi connectivity index (χ1) is 9.87. The highest BCUT2D eigenvalue weighted by Crippen LogP contribution is 2.46. The Kier molecular flexibility index (Phi) is 4.42. The third kappa shape index (κ3) is 2.51. The molecule has 1 N–H and O–H groups in total. The number of hydrogen-bond acceptors (Lipinski definition) is 2. The summed E-state index contributed by atoms with van der Waals surface area (Å²) in [6.07, 6.45) is 7.88. The second kappa shape index (κ2) is 6.28. The molecule has 0 bridgehead atoms. The molecule has 3 rings (SSSR count). The van der Waals surface area contributed by atoms with Crippen molar-refractivity contribution in [2.24, 2.45) is 5.92 Å². The normalized spacial score (nSPS) is 27.4. The van der Waals surface area contributed by atoms with Gasteiger partial charge in [-0.3, -0.25) is 0 Å². The Morgan fingerprint density at radius 2 is 1.90 bits per heavy atom. The minimum Gasteiger partial charge on any atom is -0.381 e. The van der Waals surface area contributed by atoms with Gasteiger partial charge in [0, 0.05) is 18.1 Å². The maximum Gasteiger partial charge on any atom is 0.0509 e. The van der Waals surface area contributed by atoms with E-state index >= 15 is 0 Å². The number of rotatable bonds is 4. The van der Waals surface area contributed by atoms with E-state index in [9.17, 15) is 0 Å². The lowest BCUT2D eigenvalue weighted by atomic mass is 9.67. The van der Waals surface area contributed by atoms with Gasteiger partial charge in [0.05, 0.1) is 6.61 Å². The molecule has 20 heavy (non-hydrogen) atoms. The Morgan fingerprint density at radius 1 is 1.15 bits per heavy atom. The van der Waals surface area contributed by atoms with E-state index in [0.29, 0.717) is 17.4 Å². The summed E-state index contributed by atoms with van der Waals surface area (Å²) in [7, 11) is 2.14. The van der Waals surface area contributed by atoms with Crippen molar-refractivity contribution >= 4 is 0 Å². The molecule has 0 aromatic heterocycles. The number of ether oxygens (including phenoxy) is 1. The van der Waals surface area contributed by atoms with Crippen LogP contribution in [-0.4, -0.2) is 26.3 Å². The lowest BCUT2D eigenvalue weighted by Gasteiger charge is -2.43. The van der Waals surface area contributed by atoms with Gasteiger partial charge in [0.2, 0.25) is 0 Å². The largest absolute Gasteiger partial charge is 0.381 e. The van der Waals surface area contributed by atoms with E-state index in [0.717, 1.165) is 13.2 Å². The Bertz CT molecular complexity index is 405. The van der Waals surface area contributed by atoms with Crippen molar-refractivity contribution in [3.05, 3.63) is 35.9 Å². The van der Waals surface area contributed by atoms with Crippen LogP contribution in [0.15, 0.2) is 30.3 Å². The second-order valence-electron chi connectivity index (χ2n) is 6.47. The van der Waals surface area contributed by atoms with Crippen molar-refractivity contribution in [1.29, 1.82) is 0 Å². The van der Waals surface area contributed by atoms with Crippen LogP contribution >= 0.6 is 0 Å². The molecule has 2 heteroatoms. The van der Waals surface area contributed by atoms with Crippen molar-refractivity contribution < 1.29 is 4.74 Å². The summed E-state index contributed by atoms with van der Waals surface area (Å²) in [5.41, 5.74) is 1.85. The van der Waals surface area contributed by atoms with Crippen molar-refractivity contribution in [2.45, 2.75) is 50.0 Å². The maximum atomic E-state index is 5.77. The monoisotopic (exact) mass is 273 g/mol. The highest BCUT2D eigenvalue weighted by Gasteiger charge is 2.45. The van der Waals surface area contributed by atoms with Gasteiger partial charge in [-0.15, -0.1) is 0 Å². The number of nitrogens with one attached hydrogen (secondary N) is 1. The van der Waals surface area contributed by atoms with Crippen molar-refractivity contribution in [3.63, 3.8) is 0 Å². The summed E-state index contributed by atoms with van der Waals surface area (Å²) in [4.78, 5) is 0. The molecule has 2 unspecified atom stereocenters. The summed E-state index contributed by atoms with van der Waals surface area (Å²) in [6, 6.07) is 11.7. The van der Waals surface area contributed by atoms with E-state index in [1.54, 1.807) is 0 Å². The molecule has 2 fully saturated rings. The minimum absolute atomic E-state index is 0.321. The van der Waals surface area contributed by atoms with Gasteiger partial charge in [0.15, 0.2) is 0 Å². The van der Waals surface area contributed by atoms with E-state index < -0.39 is 0 Å². The van der Waals surface area contributed by atoms with E-state index in [4.69, 9.17) is 4.74 Å². The van der Waals surface area contributed by atoms with Crippen LogP contribution in [0, 0.1) is 5.92 Å². The second-order valence-corrected chi connectivity index (χ2v) is 6.47. The molecule has 1 aliphatic carbocycles. The topological polar surface area (TPSA) is 21.3 Å². The number of hydrogen-bond donors (Lipinski definition) is 1. The lowest BCUT2D eigenvalue weighted by molar-refractivity contribution is 0.0249. The maximum absolute atomic E-state index is 5.77. The van der Waals surface area contributed by atoms with Crippen molar-refractivity contribution in [1.82, 2.24) is 5.32 Å². The first-order valence-electron chi connectivity index (χ1n) is 8.17. The fourth-order valence-corrected chi connectivity index (χ4v) is 4.55. The van der Waals surface area contributed by atoms with Gasteiger partial charge >= 0.3 is 0 Å². The zero-order valence-electron chi connectivity index (χ0n) is 12.6. The quantitative estimate of drug-likeness (QED) is 0.906. The molecule has 2 nitrogen and oxygen atoms in total. The molecule has 1 aromatic rings. The summed E-state index contributed by atoms with van der Waals surface area (Å²) in [6.45, 7) is 1.88. The third-order valence-corrected chi connectivity index (χ3v) is 5.42. The number of likely N-dealkylation sites (N-methyl/N-ethyl adjacent to an activating group) is 1. The van der Waals surface area contributed by atoms with Crippen LogP contribution in [0.3, 0.4) is 0 Å². The van der Waals surface area contributed by atoms with Crippen LogP contribution in [-0.2, 0) is 10.2 Å². The van der Waals surface area contributed by atoms with Gasteiger partial charge in [0.1, 0.15) is 0 Å². The number of benzene rings is 1. The third-order valence-electron chi connectivity index (χ3n) is 5.42. The molecule has 0 radical (unpaired) electrons. The van der Waals surface area contributed by atoms with Crippen molar-refractivity contribution in [3.8, 4) is 0 Å². The van der Waals surface area contributed by atoms with Gasteiger partial charge in [-0.1, -0.05) is 43.2 Å². The zero-order valence-corrected chi connectivity index (χ0v) is 12.6. The van der Waals surface area contributed by atoms with E-state index in [1.807, 2.05) is 0 Å². The summed E-state index contributed by atoms with van der Waals surface area (Å²) >= 11 is 0. The fourth-order valence-electron chi connectivity index (χ4n) is 4.55. The highest BCUT2D eigenvalue weighted by atomic mass is 16.5. The van der Waals surface area contributed by atoms with E-state index in [-0.39, 0.29) is 0 Å². The minimum atomic E-state index is 0.321. The molecule has 1 aliphatic heterocycles. The smallest absolute Gasteiger partial charge is 0.0509 e. The Morgan fingerprint density at radius 3 is 2.50 bits per heavy atom. The summed E-state index contributed by atoms with van der Waals surface area (Å²) in [5.74, 6) is 0.659. The highest BCUT2D eigenvalue weighted by molar-refractivity contribution is 5.29. The molecule has 2 atom stereocenters. The van der Waals surface area contributed by atoms with Crippen LogP contribution in [0.5, 0.6) is 0 Å².